The molecule has 0 bridgehead atoms. The van der Waals surface area contributed by atoms with Crippen molar-refractivity contribution < 1.29 is 0 Å². The van der Waals surface area contributed by atoms with Gasteiger partial charge in [0.1, 0.15) is 5.82 Å². The lowest BCUT2D eigenvalue weighted by molar-refractivity contribution is 1.31. The van der Waals surface area contributed by atoms with Crippen LogP contribution in [-0.4, -0.2) is 24.1 Å². The molecule has 0 atom stereocenters. The number of aliphatic imine (C=N–C) groups is 1. The zero-order chi connectivity index (χ0) is 13.8. The minimum absolute atomic E-state index is 0.870. The summed E-state index contributed by atoms with van der Waals surface area (Å²) in [4.78, 5) is 9.45. The molecule has 0 unspecified atom stereocenters. The van der Waals surface area contributed by atoms with E-state index in [4.69, 9.17) is 0 Å². The summed E-state index contributed by atoms with van der Waals surface area (Å²) < 4.78 is 0. The monoisotopic (exact) mass is 271 g/mol. The molecule has 0 fully saturated rings. The molecular formula is C15H17N3S. The Hall–Kier alpha value is -1.81. The highest BCUT2D eigenvalue weighted by atomic mass is 32.2. The Morgan fingerprint density at radius 1 is 1.32 bits per heavy atom. The fourth-order valence-corrected chi connectivity index (χ4v) is 2.43. The first-order valence-electron chi connectivity index (χ1n) is 6.02. The van der Waals surface area contributed by atoms with Crippen LogP contribution in [0.15, 0.2) is 42.0 Å². The molecular weight excluding hydrogens is 254 g/mol. The molecule has 2 aromatic rings. The van der Waals surface area contributed by atoms with Gasteiger partial charge in [0, 0.05) is 30.6 Å². The topological polar surface area (TPSA) is 37.3 Å². The van der Waals surface area contributed by atoms with Gasteiger partial charge in [-0.3, -0.25) is 4.99 Å². The maximum Gasteiger partial charge on any atom is 0.126 e. The summed E-state index contributed by atoms with van der Waals surface area (Å²) in [5.41, 5.74) is 1.12. The number of nitrogens with one attached hydrogen (secondary N) is 1. The van der Waals surface area contributed by atoms with Crippen molar-refractivity contribution in [3.05, 3.63) is 42.6 Å². The Kier molecular flexibility index (Phi) is 4.22. The van der Waals surface area contributed by atoms with Crippen LogP contribution in [0.25, 0.3) is 15.7 Å². The number of hydrogen-bond acceptors (Lipinski definition) is 4. The van der Waals surface area contributed by atoms with Crippen LogP contribution in [0, 0.1) is 0 Å². The zero-order valence-corrected chi connectivity index (χ0v) is 12.2. The van der Waals surface area contributed by atoms with Crippen LogP contribution in [0.2, 0.25) is 0 Å². The molecule has 3 nitrogen and oxygen atoms in total. The van der Waals surface area contributed by atoms with Crippen molar-refractivity contribution >= 4 is 38.3 Å². The van der Waals surface area contributed by atoms with E-state index in [1.807, 2.05) is 26.2 Å². The predicted octanol–water partition coefficient (Wildman–Crippen LogP) is 4.03. The summed E-state index contributed by atoms with van der Waals surface area (Å²) in [5, 5.41) is 6.34. The van der Waals surface area contributed by atoms with Crippen molar-refractivity contribution in [3.8, 4) is 0 Å². The number of rotatable bonds is 3. The third-order valence-corrected chi connectivity index (χ3v) is 3.85. The smallest absolute Gasteiger partial charge is 0.126 e. The Balaban J connectivity index is 2.37. The first-order chi connectivity index (χ1) is 9.13. The largest absolute Gasteiger partial charge is 0.373 e. The number of fused-ring (bicyclic) bond motifs is 1. The lowest BCUT2D eigenvalue weighted by Gasteiger charge is -2.07. The van der Waals surface area contributed by atoms with Gasteiger partial charge in [-0.25, -0.2) is 4.98 Å². The Morgan fingerprint density at radius 2 is 2.11 bits per heavy atom. The van der Waals surface area contributed by atoms with Crippen molar-refractivity contribution in [2.24, 2.45) is 4.99 Å². The van der Waals surface area contributed by atoms with E-state index in [0.29, 0.717) is 0 Å². The van der Waals surface area contributed by atoms with Gasteiger partial charge in [0.2, 0.25) is 0 Å². The van der Waals surface area contributed by atoms with Gasteiger partial charge in [0.05, 0.1) is 5.04 Å². The molecule has 0 aliphatic heterocycles. The molecule has 0 saturated carbocycles. The molecule has 0 aliphatic rings. The van der Waals surface area contributed by atoms with E-state index in [2.05, 4.69) is 40.1 Å². The average molecular weight is 271 g/mol. The summed E-state index contributed by atoms with van der Waals surface area (Å²) in [6.45, 7) is 6.10. The number of aromatic nitrogens is 1. The number of anilines is 1. The van der Waals surface area contributed by atoms with Gasteiger partial charge in [-0.2, -0.15) is 0 Å². The molecule has 4 heteroatoms. The lowest BCUT2D eigenvalue weighted by atomic mass is 10.1. The van der Waals surface area contributed by atoms with Crippen LogP contribution in [0.1, 0.15) is 12.5 Å². The van der Waals surface area contributed by atoms with E-state index in [0.717, 1.165) is 32.1 Å². The van der Waals surface area contributed by atoms with Crippen molar-refractivity contribution in [2.45, 2.75) is 6.92 Å². The molecule has 19 heavy (non-hydrogen) atoms. The number of benzene rings is 1. The molecule has 0 radical (unpaired) electrons. The number of pyridine rings is 1. The standard InChI is InChI=1S/C15H17N3S/c1-10(19-11(2)16-3)12-5-6-13-9-18-15(17-4)8-14(13)7-12/h5-9H,1H2,2-4H3,(H,17,18). The summed E-state index contributed by atoms with van der Waals surface area (Å²) in [5.74, 6) is 0.870. The van der Waals surface area contributed by atoms with Crippen LogP contribution >= 0.6 is 11.8 Å². The highest BCUT2D eigenvalue weighted by Crippen LogP contribution is 2.29. The van der Waals surface area contributed by atoms with Crippen molar-refractivity contribution in [3.63, 3.8) is 0 Å². The van der Waals surface area contributed by atoms with Crippen LogP contribution in [-0.2, 0) is 0 Å². The third kappa shape index (κ3) is 3.15. The SMILES string of the molecule is C=C(SC(C)=NC)c1ccc2cnc(NC)cc2c1. The van der Waals surface area contributed by atoms with E-state index in [1.165, 1.54) is 0 Å². The summed E-state index contributed by atoms with van der Waals surface area (Å²) in [6.07, 6.45) is 1.87. The Bertz CT molecular complexity index is 647. The van der Waals surface area contributed by atoms with E-state index in [9.17, 15) is 0 Å². The highest BCUT2D eigenvalue weighted by molar-refractivity contribution is 8.21. The summed E-state index contributed by atoms with van der Waals surface area (Å²) in [7, 11) is 3.66. The summed E-state index contributed by atoms with van der Waals surface area (Å²) >= 11 is 1.60. The zero-order valence-electron chi connectivity index (χ0n) is 11.4. The van der Waals surface area contributed by atoms with Gasteiger partial charge in [0.25, 0.3) is 0 Å². The van der Waals surface area contributed by atoms with E-state index in [-0.39, 0.29) is 0 Å². The molecule has 98 valence electrons. The minimum Gasteiger partial charge on any atom is -0.373 e. The second-order valence-electron chi connectivity index (χ2n) is 4.15. The average Bonchev–Trinajstić information content (AvgIpc) is 2.45. The van der Waals surface area contributed by atoms with Gasteiger partial charge in [-0.1, -0.05) is 30.5 Å². The molecule has 0 aliphatic carbocycles. The molecule has 1 heterocycles. The maximum absolute atomic E-state index is 4.30. The van der Waals surface area contributed by atoms with Crippen LogP contribution in [0.4, 0.5) is 5.82 Å². The molecule has 1 aromatic carbocycles. The number of thioether (sulfide) groups is 1. The third-order valence-electron chi connectivity index (χ3n) is 2.89. The molecule has 0 amide bonds. The van der Waals surface area contributed by atoms with Crippen molar-refractivity contribution in [2.75, 3.05) is 19.4 Å². The van der Waals surface area contributed by atoms with Crippen LogP contribution in [0.3, 0.4) is 0 Å². The van der Waals surface area contributed by atoms with E-state index >= 15 is 0 Å². The van der Waals surface area contributed by atoms with Gasteiger partial charge in [-0.05, 0) is 30.0 Å². The quantitative estimate of drug-likeness (QED) is 0.676. The second-order valence-corrected chi connectivity index (χ2v) is 5.44. The number of nitrogens with zero attached hydrogens (tertiary/aromatic N) is 2. The van der Waals surface area contributed by atoms with Crippen molar-refractivity contribution in [1.82, 2.24) is 4.98 Å². The fraction of sp³-hybridized carbons (Fsp3) is 0.200. The first kappa shape index (κ1) is 13.6. The molecule has 0 spiro atoms. The van der Waals surface area contributed by atoms with Gasteiger partial charge < -0.3 is 5.32 Å². The second kappa shape index (κ2) is 5.89. The summed E-state index contributed by atoms with van der Waals surface area (Å²) in [6, 6.07) is 8.32. The van der Waals surface area contributed by atoms with Gasteiger partial charge in [0.15, 0.2) is 0 Å². The van der Waals surface area contributed by atoms with Crippen molar-refractivity contribution in [1.29, 1.82) is 0 Å². The predicted molar refractivity (Wildman–Crippen MR) is 86.9 cm³/mol. The minimum atomic E-state index is 0.870. The van der Waals surface area contributed by atoms with Crippen LogP contribution < -0.4 is 5.32 Å². The Labute approximate surface area is 117 Å². The molecule has 2 rings (SSSR count). The molecule has 1 N–H and O–H groups in total. The van der Waals surface area contributed by atoms with E-state index < -0.39 is 0 Å². The Morgan fingerprint density at radius 3 is 2.79 bits per heavy atom. The molecule has 1 aromatic heterocycles. The van der Waals surface area contributed by atoms with Crippen LogP contribution in [0.5, 0.6) is 0 Å². The molecule has 0 saturated heterocycles. The normalized spacial score (nSPS) is 11.6. The highest BCUT2D eigenvalue weighted by Gasteiger charge is 2.04. The van der Waals surface area contributed by atoms with E-state index in [1.54, 1.807) is 18.8 Å². The van der Waals surface area contributed by atoms with Gasteiger partial charge >= 0.3 is 0 Å². The number of hydrogen-bond donors (Lipinski definition) is 1. The fourth-order valence-electron chi connectivity index (χ4n) is 1.73. The lowest BCUT2D eigenvalue weighted by Crippen LogP contribution is -1.91. The first-order valence-corrected chi connectivity index (χ1v) is 6.83. The maximum atomic E-state index is 4.30. The van der Waals surface area contributed by atoms with Gasteiger partial charge in [-0.15, -0.1) is 0 Å².